The number of carbonyl (C=O) groups excluding carboxylic acids is 1. The molecule has 0 unspecified atom stereocenters. The quantitative estimate of drug-likeness (QED) is 0.410. The van der Waals surface area contributed by atoms with Gasteiger partial charge < -0.3 is 0 Å². The molecule has 4 heteroatoms. The van der Waals surface area contributed by atoms with Gasteiger partial charge in [0.1, 0.15) is 11.1 Å². The van der Waals surface area contributed by atoms with E-state index in [1.165, 1.54) is 0 Å². The van der Waals surface area contributed by atoms with Crippen LogP contribution in [0.4, 0.5) is 0 Å². The summed E-state index contributed by atoms with van der Waals surface area (Å²) >= 11 is 1.57. The molecule has 24 heavy (non-hydrogen) atoms. The maximum absolute atomic E-state index is 12.1. The number of carbonyl (C=O) groups is 1. The van der Waals surface area contributed by atoms with E-state index in [4.69, 9.17) is 0 Å². The van der Waals surface area contributed by atoms with Crippen LogP contribution in [0, 0.1) is 25.2 Å². The van der Waals surface area contributed by atoms with Crippen molar-refractivity contribution >= 4 is 17.5 Å². The van der Waals surface area contributed by atoms with Crippen molar-refractivity contribution in [2.75, 3.05) is 5.75 Å². The molecule has 0 saturated carbocycles. The fourth-order valence-corrected chi connectivity index (χ4v) is 3.81. The van der Waals surface area contributed by atoms with Crippen molar-refractivity contribution < 1.29 is 4.79 Å². The van der Waals surface area contributed by atoms with Crippen LogP contribution in [0.1, 0.15) is 52.5 Å². The highest BCUT2D eigenvalue weighted by Crippen LogP contribution is 2.27. The van der Waals surface area contributed by atoms with Crippen molar-refractivity contribution in [1.29, 1.82) is 5.26 Å². The van der Waals surface area contributed by atoms with Crippen molar-refractivity contribution in [3.8, 4) is 6.07 Å². The normalized spacial score (nSPS) is 10.4. The van der Waals surface area contributed by atoms with Crippen molar-refractivity contribution in [3.63, 3.8) is 0 Å². The van der Waals surface area contributed by atoms with Gasteiger partial charge in [-0.15, -0.1) is 11.8 Å². The van der Waals surface area contributed by atoms with Crippen molar-refractivity contribution in [2.24, 2.45) is 0 Å². The first kappa shape index (κ1) is 18.2. The van der Waals surface area contributed by atoms with Crippen LogP contribution in [-0.4, -0.2) is 16.5 Å². The molecule has 0 atom stereocenters. The van der Waals surface area contributed by atoms with E-state index in [0.717, 1.165) is 46.0 Å². The van der Waals surface area contributed by atoms with Crippen LogP contribution in [0.25, 0.3) is 0 Å². The molecular weight excluding hydrogens is 316 g/mol. The summed E-state index contributed by atoms with van der Waals surface area (Å²) in [6.45, 7) is 6.07. The first-order valence-corrected chi connectivity index (χ1v) is 9.18. The molecule has 124 valence electrons. The second-order valence-electron chi connectivity index (χ2n) is 5.69. The van der Waals surface area contributed by atoms with Crippen molar-refractivity contribution in [3.05, 3.63) is 58.3 Å². The molecule has 1 aromatic carbocycles. The van der Waals surface area contributed by atoms with Gasteiger partial charge in [-0.3, -0.25) is 4.79 Å². The van der Waals surface area contributed by atoms with Gasteiger partial charge in [0.05, 0.1) is 5.56 Å². The molecule has 0 amide bonds. The highest BCUT2D eigenvalue weighted by Gasteiger charge is 2.14. The number of Topliss-reactive ketones (excluding diaryl/α,β-unsaturated/α-hetero) is 1. The molecule has 2 aromatic rings. The lowest BCUT2D eigenvalue weighted by Crippen LogP contribution is -2.03. The van der Waals surface area contributed by atoms with Gasteiger partial charge in [0.15, 0.2) is 5.78 Å². The molecule has 2 rings (SSSR count). The minimum Gasteiger partial charge on any atom is -0.294 e. The monoisotopic (exact) mass is 338 g/mol. The second-order valence-corrected chi connectivity index (χ2v) is 6.77. The Balaban J connectivity index is 1.98. The first-order chi connectivity index (χ1) is 11.6. The van der Waals surface area contributed by atoms with Crippen molar-refractivity contribution in [1.82, 2.24) is 4.98 Å². The summed E-state index contributed by atoms with van der Waals surface area (Å²) in [5.41, 5.74) is 4.64. The van der Waals surface area contributed by atoms with Crippen LogP contribution in [0.5, 0.6) is 0 Å². The molecule has 0 aliphatic carbocycles. The number of rotatable bonds is 7. The first-order valence-electron chi connectivity index (χ1n) is 8.19. The summed E-state index contributed by atoms with van der Waals surface area (Å²) in [4.78, 5) is 16.7. The summed E-state index contributed by atoms with van der Waals surface area (Å²) < 4.78 is 0. The number of nitriles is 1. The molecule has 0 radical (unpaired) electrons. The summed E-state index contributed by atoms with van der Waals surface area (Å²) in [5.74, 6) is 0.947. The third-order valence-corrected chi connectivity index (χ3v) is 5.16. The maximum Gasteiger partial charge on any atom is 0.162 e. The number of ketones is 1. The van der Waals surface area contributed by atoms with Crippen LogP contribution in [0.2, 0.25) is 0 Å². The molecule has 0 aliphatic rings. The molecule has 0 bridgehead atoms. The van der Waals surface area contributed by atoms with E-state index in [0.29, 0.717) is 12.0 Å². The Morgan fingerprint density at radius 3 is 2.58 bits per heavy atom. The minimum absolute atomic E-state index is 0.165. The van der Waals surface area contributed by atoms with Gasteiger partial charge in [-0.1, -0.05) is 37.3 Å². The second kappa shape index (κ2) is 8.65. The molecule has 0 N–H and O–H groups in total. The smallest absolute Gasteiger partial charge is 0.162 e. The Kier molecular flexibility index (Phi) is 6.57. The SMILES string of the molecule is CCc1c(C)nc(SCCCC(=O)c2ccccc2)c(C#N)c1C. The molecule has 0 saturated heterocycles. The lowest BCUT2D eigenvalue weighted by atomic mass is 10.0. The summed E-state index contributed by atoms with van der Waals surface area (Å²) in [7, 11) is 0. The van der Waals surface area contributed by atoms with E-state index in [-0.39, 0.29) is 5.78 Å². The Morgan fingerprint density at radius 2 is 1.96 bits per heavy atom. The van der Waals surface area contributed by atoms with Gasteiger partial charge in [-0.25, -0.2) is 4.98 Å². The largest absolute Gasteiger partial charge is 0.294 e. The average molecular weight is 338 g/mol. The zero-order valence-corrected chi connectivity index (χ0v) is 15.2. The van der Waals surface area contributed by atoms with Crippen molar-refractivity contribution in [2.45, 2.75) is 45.1 Å². The zero-order valence-electron chi connectivity index (χ0n) is 14.4. The van der Waals surface area contributed by atoms with E-state index in [9.17, 15) is 10.1 Å². The number of aryl methyl sites for hydroxylation is 1. The maximum atomic E-state index is 12.1. The van der Waals surface area contributed by atoms with Gasteiger partial charge >= 0.3 is 0 Å². The summed E-state index contributed by atoms with van der Waals surface area (Å²) in [6, 6.07) is 11.7. The van der Waals surface area contributed by atoms with Gasteiger partial charge in [0.25, 0.3) is 0 Å². The number of hydrogen-bond donors (Lipinski definition) is 0. The number of thioether (sulfide) groups is 1. The van der Waals surface area contributed by atoms with Gasteiger partial charge in [-0.05, 0) is 43.6 Å². The topological polar surface area (TPSA) is 53.8 Å². The molecule has 0 fully saturated rings. The molecule has 0 aliphatic heterocycles. The van der Waals surface area contributed by atoms with Crippen LogP contribution in [-0.2, 0) is 6.42 Å². The lowest BCUT2D eigenvalue weighted by molar-refractivity contribution is 0.0982. The van der Waals surface area contributed by atoms with Gasteiger partial charge in [0, 0.05) is 17.7 Å². The molecule has 0 spiro atoms. The molecule has 1 heterocycles. The third-order valence-electron chi connectivity index (χ3n) is 4.10. The number of nitrogens with zero attached hydrogens (tertiary/aromatic N) is 2. The Hall–Kier alpha value is -2.12. The van der Waals surface area contributed by atoms with E-state index in [1.807, 2.05) is 44.2 Å². The Morgan fingerprint density at radius 1 is 1.25 bits per heavy atom. The third kappa shape index (κ3) is 4.24. The van der Waals surface area contributed by atoms with Crippen LogP contribution in [0.3, 0.4) is 0 Å². The predicted octanol–water partition coefficient (Wildman–Crippen LogP) is 4.89. The molecule has 1 aromatic heterocycles. The highest BCUT2D eigenvalue weighted by atomic mass is 32.2. The number of benzene rings is 1. The van der Waals surface area contributed by atoms with E-state index in [2.05, 4.69) is 18.0 Å². The van der Waals surface area contributed by atoms with Gasteiger partial charge in [0.2, 0.25) is 0 Å². The minimum atomic E-state index is 0.165. The lowest BCUT2D eigenvalue weighted by Gasteiger charge is -2.12. The fraction of sp³-hybridized carbons (Fsp3) is 0.350. The molecular formula is C20H22N2OS. The molecule has 3 nitrogen and oxygen atoms in total. The highest BCUT2D eigenvalue weighted by molar-refractivity contribution is 7.99. The fourth-order valence-electron chi connectivity index (χ4n) is 2.79. The number of pyridine rings is 1. The summed E-state index contributed by atoms with van der Waals surface area (Å²) in [5, 5.41) is 10.2. The van der Waals surface area contributed by atoms with Crippen LogP contribution in [0.15, 0.2) is 35.4 Å². The summed E-state index contributed by atoms with van der Waals surface area (Å²) in [6.07, 6.45) is 2.18. The number of aromatic nitrogens is 1. The van der Waals surface area contributed by atoms with Gasteiger partial charge in [-0.2, -0.15) is 5.26 Å². The van der Waals surface area contributed by atoms with E-state index >= 15 is 0 Å². The van der Waals surface area contributed by atoms with E-state index in [1.54, 1.807) is 11.8 Å². The van der Waals surface area contributed by atoms with E-state index < -0.39 is 0 Å². The zero-order chi connectivity index (χ0) is 17.5. The average Bonchev–Trinajstić information content (AvgIpc) is 2.59. The standard InChI is InChI=1S/C20H22N2OS/c1-4-17-14(2)18(13-21)20(22-15(17)3)24-12-8-11-19(23)16-9-6-5-7-10-16/h5-7,9-10H,4,8,11-12H2,1-3H3. The predicted molar refractivity (Wildman–Crippen MR) is 98.5 cm³/mol. The number of hydrogen-bond acceptors (Lipinski definition) is 4. The van der Waals surface area contributed by atoms with Crippen LogP contribution >= 0.6 is 11.8 Å². The Bertz CT molecular complexity index is 763. The van der Waals surface area contributed by atoms with Crippen LogP contribution < -0.4 is 0 Å². The Labute approximate surface area is 148 Å².